The molecular formula is C18H17N3O3S. The number of H-pyrrole nitrogens is 1. The van der Waals surface area contributed by atoms with Crippen LogP contribution in [0.5, 0.6) is 0 Å². The monoisotopic (exact) mass is 355 g/mol. The first-order valence-corrected chi connectivity index (χ1v) is 8.78. The van der Waals surface area contributed by atoms with E-state index in [0.717, 1.165) is 27.1 Å². The summed E-state index contributed by atoms with van der Waals surface area (Å²) in [6.07, 6.45) is 0.818. The average molecular weight is 355 g/mol. The van der Waals surface area contributed by atoms with Gasteiger partial charge in [-0.25, -0.2) is 0 Å². The fourth-order valence-corrected chi connectivity index (χ4v) is 4.71. The number of benzene rings is 1. The number of nitrogens with two attached hydrogens (primary N) is 1. The van der Waals surface area contributed by atoms with Gasteiger partial charge in [0.15, 0.2) is 0 Å². The smallest absolute Gasteiger partial charge is 0.265 e. The van der Waals surface area contributed by atoms with E-state index < -0.39 is 12.5 Å². The molecule has 5 N–H and O–H groups in total. The Morgan fingerprint density at radius 1 is 1.32 bits per heavy atom. The number of amides is 2. The second-order valence-corrected chi connectivity index (χ2v) is 7.30. The average Bonchev–Trinajstić information content (AvgIpc) is 3.26. The normalized spacial score (nSPS) is 19.1. The van der Waals surface area contributed by atoms with Gasteiger partial charge in [-0.1, -0.05) is 24.3 Å². The molecule has 0 saturated carbocycles. The van der Waals surface area contributed by atoms with E-state index in [9.17, 15) is 9.59 Å². The number of aliphatic hydroxyl groups is 1. The van der Waals surface area contributed by atoms with Crippen molar-refractivity contribution in [1.29, 1.82) is 0 Å². The summed E-state index contributed by atoms with van der Waals surface area (Å²) in [5.41, 5.74) is 8.87. The molecule has 2 heterocycles. The molecule has 0 unspecified atom stereocenters. The fraction of sp³-hybridized carbons (Fsp3) is 0.222. The predicted molar refractivity (Wildman–Crippen MR) is 95.6 cm³/mol. The van der Waals surface area contributed by atoms with Crippen molar-refractivity contribution in [2.75, 3.05) is 6.61 Å². The van der Waals surface area contributed by atoms with Gasteiger partial charge in [-0.3, -0.25) is 9.59 Å². The second kappa shape index (κ2) is 6.02. The Labute approximate surface area is 147 Å². The highest BCUT2D eigenvalue weighted by molar-refractivity contribution is 7.19. The van der Waals surface area contributed by atoms with Gasteiger partial charge in [0.25, 0.3) is 5.91 Å². The van der Waals surface area contributed by atoms with Gasteiger partial charge < -0.3 is 21.1 Å². The van der Waals surface area contributed by atoms with Crippen LogP contribution in [-0.2, 0) is 11.2 Å². The first-order chi connectivity index (χ1) is 12.1. The lowest BCUT2D eigenvalue weighted by molar-refractivity contribution is -0.124. The number of aliphatic hydroxyl groups excluding tert-OH is 1. The van der Waals surface area contributed by atoms with E-state index in [4.69, 9.17) is 10.8 Å². The molecule has 3 aromatic rings. The van der Waals surface area contributed by atoms with Gasteiger partial charge in [0, 0.05) is 10.8 Å². The van der Waals surface area contributed by atoms with E-state index in [1.54, 1.807) is 17.4 Å². The summed E-state index contributed by atoms with van der Waals surface area (Å²) in [7, 11) is 0. The summed E-state index contributed by atoms with van der Waals surface area (Å²) in [4.78, 5) is 27.2. The molecule has 0 saturated heterocycles. The van der Waals surface area contributed by atoms with Crippen LogP contribution in [-0.4, -0.2) is 28.5 Å². The zero-order valence-corrected chi connectivity index (χ0v) is 14.1. The van der Waals surface area contributed by atoms with Crippen LogP contribution in [0.4, 0.5) is 0 Å². The van der Waals surface area contributed by atoms with Crippen molar-refractivity contribution < 1.29 is 14.7 Å². The third-order valence-corrected chi connectivity index (χ3v) is 5.86. The maximum atomic E-state index is 11.8. The molecule has 1 aliphatic rings. The molecule has 0 bridgehead atoms. The van der Waals surface area contributed by atoms with Gasteiger partial charge in [-0.05, 0) is 29.7 Å². The third-order valence-electron chi connectivity index (χ3n) is 4.65. The van der Waals surface area contributed by atoms with Crippen LogP contribution >= 0.6 is 11.3 Å². The molecule has 1 aromatic carbocycles. The topological polar surface area (TPSA) is 108 Å². The number of fused-ring (bicyclic) bond motifs is 2. The molecule has 7 heteroatoms. The van der Waals surface area contributed by atoms with E-state index >= 15 is 0 Å². The lowest BCUT2D eigenvalue weighted by atomic mass is 9.98. The predicted octanol–water partition coefficient (Wildman–Crippen LogP) is 1.82. The Kier molecular flexibility index (Phi) is 3.82. The van der Waals surface area contributed by atoms with Gasteiger partial charge in [0.2, 0.25) is 5.91 Å². The molecular weight excluding hydrogens is 338 g/mol. The Morgan fingerprint density at radius 2 is 2.12 bits per heavy atom. The summed E-state index contributed by atoms with van der Waals surface area (Å²) < 4.78 is 0.965. The van der Waals surface area contributed by atoms with Crippen molar-refractivity contribution in [3.63, 3.8) is 0 Å². The van der Waals surface area contributed by atoms with Crippen molar-refractivity contribution in [3.05, 3.63) is 58.1 Å². The second-order valence-electron chi connectivity index (χ2n) is 6.19. The quantitative estimate of drug-likeness (QED) is 0.573. The minimum atomic E-state index is -0.529. The highest BCUT2D eigenvalue weighted by Gasteiger charge is 2.35. The Balaban J connectivity index is 1.71. The molecule has 1 aliphatic carbocycles. The highest BCUT2D eigenvalue weighted by Crippen LogP contribution is 2.45. The van der Waals surface area contributed by atoms with E-state index in [0.29, 0.717) is 5.69 Å². The van der Waals surface area contributed by atoms with Crippen molar-refractivity contribution >= 4 is 33.4 Å². The number of carbonyl (C=O) groups is 2. The number of rotatable bonds is 4. The summed E-state index contributed by atoms with van der Waals surface area (Å²) in [6, 6.07) is 11.6. The molecule has 2 atom stereocenters. The first-order valence-electron chi connectivity index (χ1n) is 7.97. The molecule has 25 heavy (non-hydrogen) atoms. The van der Waals surface area contributed by atoms with E-state index in [2.05, 4.69) is 16.4 Å². The van der Waals surface area contributed by atoms with Crippen LogP contribution in [0.2, 0.25) is 0 Å². The Morgan fingerprint density at radius 3 is 2.84 bits per heavy atom. The summed E-state index contributed by atoms with van der Waals surface area (Å²) in [5.74, 6) is -0.771. The Bertz CT molecular complexity index is 944. The fourth-order valence-electron chi connectivity index (χ4n) is 3.51. The maximum Gasteiger partial charge on any atom is 0.265 e. The van der Waals surface area contributed by atoms with Crippen LogP contribution in [0.1, 0.15) is 38.5 Å². The lowest BCUT2D eigenvalue weighted by Gasteiger charge is -2.20. The number of carbonyl (C=O) groups excluding carboxylic acids is 2. The number of aromatic nitrogens is 1. The van der Waals surface area contributed by atoms with Crippen molar-refractivity contribution in [2.45, 2.75) is 18.4 Å². The summed E-state index contributed by atoms with van der Waals surface area (Å²) in [5, 5.41) is 12.0. The van der Waals surface area contributed by atoms with Crippen LogP contribution < -0.4 is 11.1 Å². The molecule has 0 radical (unpaired) electrons. The largest absolute Gasteiger partial charge is 0.387 e. The zero-order chi connectivity index (χ0) is 17.6. The standard InChI is InChI=1S/C18H17N3O3S/c19-18(24)13-7-15-12(20-13)6-14(25-15)11-5-9-3-1-2-4-10(9)17(11)21-16(23)8-22/h1-4,6-7,11,17,20,22H,5,8H2,(H2,19,24)(H,21,23)/t11-,17-/m0/s1. The minimum Gasteiger partial charge on any atom is -0.387 e. The SMILES string of the molecule is NC(=O)c1cc2sc([C@@H]3Cc4ccccc4[C@@H]3NC(=O)CO)cc2[nH]1. The van der Waals surface area contributed by atoms with Gasteiger partial charge >= 0.3 is 0 Å². The van der Waals surface area contributed by atoms with Gasteiger partial charge in [0.1, 0.15) is 12.3 Å². The van der Waals surface area contributed by atoms with E-state index in [1.807, 2.05) is 24.3 Å². The number of aromatic amines is 1. The van der Waals surface area contributed by atoms with E-state index in [-0.39, 0.29) is 17.9 Å². The van der Waals surface area contributed by atoms with Gasteiger partial charge in [0.05, 0.1) is 16.3 Å². The molecule has 0 aliphatic heterocycles. The molecule has 2 amide bonds. The number of hydrogen-bond donors (Lipinski definition) is 4. The van der Waals surface area contributed by atoms with E-state index in [1.165, 1.54) is 5.56 Å². The van der Waals surface area contributed by atoms with Crippen LogP contribution in [0.15, 0.2) is 36.4 Å². The van der Waals surface area contributed by atoms with Gasteiger partial charge in [-0.2, -0.15) is 0 Å². The van der Waals surface area contributed by atoms with Crippen molar-refractivity contribution in [1.82, 2.24) is 10.3 Å². The maximum absolute atomic E-state index is 11.8. The highest BCUT2D eigenvalue weighted by atomic mass is 32.1. The number of primary amides is 1. The van der Waals surface area contributed by atoms with Crippen molar-refractivity contribution in [3.8, 4) is 0 Å². The zero-order valence-electron chi connectivity index (χ0n) is 13.3. The number of nitrogens with one attached hydrogen (secondary N) is 2. The molecule has 0 fully saturated rings. The van der Waals surface area contributed by atoms with Crippen LogP contribution in [0.25, 0.3) is 10.2 Å². The summed E-state index contributed by atoms with van der Waals surface area (Å²) in [6.45, 7) is -0.529. The van der Waals surface area contributed by atoms with Crippen molar-refractivity contribution in [2.24, 2.45) is 5.73 Å². The molecule has 128 valence electrons. The van der Waals surface area contributed by atoms with Crippen LogP contribution in [0, 0.1) is 0 Å². The van der Waals surface area contributed by atoms with Crippen LogP contribution in [0.3, 0.4) is 0 Å². The number of thiophene rings is 1. The summed E-state index contributed by atoms with van der Waals surface area (Å²) >= 11 is 1.59. The molecule has 2 aromatic heterocycles. The molecule has 0 spiro atoms. The molecule has 4 rings (SSSR count). The third kappa shape index (κ3) is 2.71. The number of hydrogen-bond acceptors (Lipinski definition) is 4. The minimum absolute atomic E-state index is 0.0933. The lowest BCUT2D eigenvalue weighted by Crippen LogP contribution is -2.32. The molecule has 6 nitrogen and oxygen atoms in total. The first kappa shape index (κ1) is 15.9. The Hall–Kier alpha value is -2.64. The van der Waals surface area contributed by atoms with Gasteiger partial charge in [-0.15, -0.1) is 11.3 Å².